The largest absolute Gasteiger partial charge is 0.310 e. The Hall–Kier alpha value is -0.800. The van der Waals surface area contributed by atoms with Gasteiger partial charge in [-0.2, -0.15) is 0 Å². The number of hydrogen-bond donors (Lipinski definition) is 1. The summed E-state index contributed by atoms with van der Waals surface area (Å²) in [5.41, 5.74) is 1.09. The minimum Gasteiger partial charge on any atom is -0.310 e. The Labute approximate surface area is 95.7 Å². The molecule has 0 aliphatic heterocycles. The first-order valence-electron chi connectivity index (χ1n) is 5.11. The summed E-state index contributed by atoms with van der Waals surface area (Å²) >= 11 is 5.10. The van der Waals surface area contributed by atoms with Crippen LogP contribution in [0.4, 0.5) is 4.39 Å². The van der Waals surface area contributed by atoms with Gasteiger partial charge in [0, 0.05) is 6.04 Å². The van der Waals surface area contributed by atoms with Crippen LogP contribution in [-0.2, 0) is 0 Å². The third kappa shape index (κ3) is 4.06. The zero-order valence-electron chi connectivity index (χ0n) is 9.09. The second-order valence-electron chi connectivity index (χ2n) is 3.57. The van der Waals surface area contributed by atoms with Crippen molar-refractivity contribution < 1.29 is 4.39 Å². The van der Waals surface area contributed by atoms with Crippen molar-refractivity contribution in [1.82, 2.24) is 5.32 Å². The van der Waals surface area contributed by atoms with E-state index in [1.165, 1.54) is 12.1 Å². The Morgan fingerprint density at radius 2 is 2.00 bits per heavy atom. The fourth-order valence-electron chi connectivity index (χ4n) is 1.54. The fraction of sp³-hybridized carbons (Fsp3) is 0.417. The molecule has 0 fully saturated rings. The smallest absolute Gasteiger partial charge is 0.123 e. The molecule has 1 atom stereocenters. The lowest BCUT2D eigenvalue weighted by Gasteiger charge is -2.17. The van der Waals surface area contributed by atoms with Crippen LogP contribution in [0.1, 0.15) is 31.9 Å². The predicted molar refractivity (Wildman–Crippen MR) is 65.7 cm³/mol. The van der Waals surface area contributed by atoms with E-state index >= 15 is 0 Å². The molecule has 0 unspecified atom stereocenters. The molecule has 3 heteroatoms. The van der Waals surface area contributed by atoms with E-state index in [1.54, 1.807) is 12.1 Å². The van der Waals surface area contributed by atoms with Crippen molar-refractivity contribution in [2.45, 2.75) is 26.3 Å². The molecule has 0 spiro atoms. The zero-order chi connectivity index (χ0) is 11.3. The van der Waals surface area contributed by atoms with Crippen LogP contribution in [0.3, 0.4) is 0 Å². The van der Waals surface area contributed by atoms with Gasteiger partial charge in [-0.25, -0.2) is 4.39 Å². The molecular formula is C12H16FNS. The molecule has 1 N–H and O–H groups in total. The molecule has 15 heavy (non-hydrogen) atoms. The van der Waals surface area contributed by atoms with Crippen LogP contribution in [0.5, 0.6) is 0 Å². The van der Waals surface area contributed by atoms with Gasteiger partial charge < -0.3 is 5.32 Å². The lowest BCUT2D eigenvalue weighted by molar-refractivity contribution is 0.568. The first kappa shape index (κ1) is 12.3. The molecule has 1 aromatic carbocycles. The van der Waals surface area contributed by atoms with Gasteiger partial charge in [0.1, 0.15) is 5.82 Å². The molecule has 0 saturated heterocycles. The molecule has 0 saturated carbocycles. The third-order valence-corrected chi connectivity index (χ3v) is 2.38. The van der Waals surface area contributed by atoms with E-state index in [0.717, 1.165) is 23.4 Å². The van der Waals surface area contributed by atoms with E-state index in [4.69, 9.17) is 12.2 Å². The van der Waals surface area contributed by atoms with E-state index in [1.807, 2.05) is 6.92 Å². The average molecular weight is 225 g/mol. The standard InChI is InChI=1S/C12H16FNS/c1-3-14-12(8-9(2)15)10-4-6-11(13)7-5-10/h4-7,12,14H,3,8H2,1-2H3/t12-/m1/s1. The summed E-state index contributed by atoms with van der Waals surface area (Å²) in [6, 6.07) is 6.78. The molecule has 1 aromatic rings. The molecule has 0 aliphatic rings. The van der Waals surface area contributed by atoms with Crippen molar-refractivity contribution in [3.05, 3.63) is 35.6 Å². The lowest BCUT2D eigenvalue weighted by atomic mass is 10.0. The van der Waals surface area contributed by atoms with Crippen LogP contribution in [0, 0.1) is 5.82 Å². The van der Waals surface area contributed by atoms with E-state index in [0.29, 0.717) is 0 Å². The quantitative estimate of drug-likeness (QED) is 0.772. The van der Waals surface area contributed by atoms with E-state index < -0.39 is 0 Å². The van der Waals surface area contributed by atoms with Gasteiger partial charge in [-0.15, -0.1) is 0 Å². The first-order chi connectivity index (χ1) is 7.13. The summed E-state index contributed by atoms with van der Waals surface area (Å²) in [7, 11) is 0. The normalized spacial score (nSPS) is 12.5. The van der Waals surface area contributed by atoms with Gasteiger partial charge in [0.15, 0.2) is 0 Å². The summed E-state index contributed by atoms with van der Waals surface area (Å²) in [5.74, 6) is -0.201. The third-order valence-electron chi connectivity index (χ3n) is 2.21. The van der Waals surface area contributed by atoms with Crippen LogP contribution in [0.25, 0.3) is 0 Å². The molecular weight excluding hydrogens is 209 g/mol. The minimum absolute atomic E-state index is 0.201. The number of nitrogens with one attached hydrogen (secondary N) is 1. The lowest BCUT2D eigenvalue weighted by Crippen LogP contribution is -2.22. The maximum atomic E-state index is 12.8. The van der Waals surface area contributed by atoms with Gasteiger partial charge in [0.25, 0.3) is 0 Å². The highest BCUT2D eigenvalue weighted by Gasteiger charge is 2.10. The fourth-order valence-corrected chi connectivity index (χ4v) is 1.70. The van der Waals surface area contributed by atoms with Gasteiger partial charge in [-0.05, 0) is 42.5 Å². The van der Waals surface area contributed by atoms with Crippen LogP contribution < -0.4 is 5.32 Å². The molecule has 1 nitrogen and oxygen atoms in total. The van der Waals surface area contributed by atoms with Crippen LogP contribution in [0.2, 0.25) is 0 Å². The topological polar surface area (TPSA) is 12.0 Å². The van der Waals surface area contributed by atoms with Gasteiger partial charge in [-0.1, -0.05) is 31.3 Å². The Balaban J connectivity index is 2.78. The predicted octanol–water partition coefficient (Wildman–Crippen LogP) is 3.26. The van der Waals surface area contributed by atoms with Gasteiger partial charge >= 0.3 is 0 Å². The maximum Gasteiger partial charge on any atom is 0.123 e. The van der Waals surface area contributed by atoms with E-state index in [2.05, 4.69) is 12.2 Å². The number of hydrogen-bond acceptors (Lipinski definition) is 2. The molecule has 82 valence electrons. The number of rotatable bonds is 5. The summed E-state index contributed by atoms with van der Waals surface area (Å²) in [6.07, 6.45) is 0.814. The molecule has 0 bridgehead atoms. The van der Waals surface area contributed by atoms with Crippen molar-refractivity contribution in [2.75, 3.05) is 6.54 Å². The minimum atomic E-state index is -0.201. The van der Waals surface area contributed by atoms with Crippen molar-refractivity contribution in [3.63, 3.8) is 0 Å². The van der Waals surface area contributed by atoms with Gasteiger partial charge in [0.2, 0.25) is 0 Å². The average Bonchev–Trinajstić information content (AvgIpc) is 2.17. The molecule has 0 aromatic heterocycles. The van der Waals surface area contributed by atoms with Crippen molar-refractivity contribution >= 4 is 17.1 Å². The highest BCUT2D eigenvalue weighted by atomic mass is 32.1. The Morgan fingerprint density at radius 3 is 2.47 bits per heavy atom. The van der Waals surface area contributed by atoms with Crippen molar-refractivity contribution in [1.29, 1.82) is 0 Å². The van der Waals surface area contributed by atoms with Crippen LogP contribution in [-0.4, -0.2) is 11.4 Å². The summed E-state index contributed by atoms with van der Waals surface area (Å²) in [6.45, 7) is 4.86. The van der Waals surface area contributed by atoms with E-state index in [9.17, 15) is 4.39 Å². The van der Waals surface area contributed by atoms with Gasteiger partial charge in [-0.3, -0.25) is 0 Å². The maximum absolute atomic E-state index is 12.8. The van der Waals surface area contributed by atoms with Crippen molar-refractivity contribution in [2.24, 2.45) is 0 Å². The first-order valence-corrected chi connectivity index (χ1v) is 5.52. The Bertz CT molecular complexity index is 321. The molecule has 0 heterocycles. The Morgan fingerprint density at radius 1 is 1.40 bits per heavy atom. The monoisotopic (exact) mass is 225 g/mol. The highest BCUT2D eigenvalue weighted by Crippen LogP contribution is 2.17. The second-order valence-corrected chi connectivity index (χ2v) is 4.26. The number of benzene rings is 1. The van der Waals surface area contributed by atoms with Gasteiger partial charge in [0.05, 0.1) is 0 Å². The summed E-state index contributed by atoms with van der Waals surface area (Å²) < 4.78 is 12.8. The molecule has 1 rings (SSSR count). The summed E-state index contributed by atoms with van der Waals surface area (Å²) in [5, 5.41) is 3.34. The van der Waals surface area contributed by atoms with Crippen LogP contribution in [0.15, 0.2) is 24.3 Å². The van der Waals surface area contributed by atoms with Crippen molar-refractivity contribution in [3.8, 4) is 0 Å². The summed E-state index contributed by atoms with van der Waals surface area (Å²) in [4.78, 5) is 0.963. The molecule has 0 aliphatic carbocycles. The molecule has 0 radical (unpaired) electrons. The Kier molecular flexibility index (Phi) is 4.85. The van der Waals surface area contributed by atoms with E-state index in [-0.39, 0.29) is 11.9 Å². The molecule has 0 amide bonds. The SMILES string of the molecule is CCN[C@H](CC(C)=S)c1ccc(F)cc1. The zero-order valence-corrected chi connectivity index (χ0v) is 9.90. The number of thiocarbonyl (C=S) groups is 1. The second kappa shape index (κ2) is 5.93. The number of halogens is 1. The van der Waals surface area contributed by atoms with Crippen LogP contribution >= 0.6 is 12.2 Å². The highest BCUT2D eigenvalue weighted by molar-refractivity contribution is 7.80.